The molecule has 1 aliphatic carbocycles. The molecule has 1 saturated carbocycles. The molecule has 4 heteroatoms. The van der Waals surface area contributed by atoms with Crippen molar-refractivity contribution < 1.29 is 9.90 Å². The number of thioether (sulfide) groups is 1. The van der Waals surface area contributed by atoms with Gasteiger partial charge in [0.2, 0.25) is 0 Å². The van der Waals surface area contributed by atoms with E-state index >= 15 is 0 Å². The molecule has 3 rings (SSSR count). The van der Waals surface area contributed by atoms with E-state index in [0.717, 1.165) is 38.0 Å². The quantitative estimate of drug-likeness (QED) is 0.890. The minimum atomic E-state index is -0.610. The highest BCUT2D eigenvalue weighted by molar-refractivity contribution is 7.99. The molecule has 3 nitrogen and oxygen atoms in total. The van der Waals surface area contributed by atoms with Gasteiger partial charge in [0.25, 0.3) is 0 Å². The van der Waals surface area contributed by atoms with Crippen LogP contribution in [0.4, 0.5) is 0 Å². The molecular weight excluding hydrogens is 282 g/mol. The topological polar surface area (TPSA) is 49.3 Å². The van der Waals surface area contributed by atoms with E-state index in [0.29, 0.717) is 6.04 Å². The van der Waals surface area contributed by atoms with Crippen molar-refractivity contribution in [3.63, 3.8) is 0 Å². The van der Waals surface area contributed by atoms with Gasteiger partial charge < -0.3 is 10.4 Å². The van der Waals surface area contributed by atoms with Gasteiger partial charge in [-0.15, -0.1) is 11.8 Å². The summed E-state index contributed by atoms with van der Waals surface area (Å²) >= 11 is 1.93. The van der Waals surface area contributed by atoms with E-state index in [9.17, 15) is 9.90 Å². The molecule has 1 fully saturated rings. The lowest BCUT2D eigenvalue weighted by Gasteiger charge is -2.32. The standard InChI is InChI=1S/C17H23NO2S/c19-17(20)13-6-2-1-5-12(13)11-18-15-9-10-21-16-8-4-3-7-14(15)16/h3-4,7-8,12-13,15,18H,1-2,5-6,9-11H2,(H,19,20). The predicted octanol–water partition coefficient (Wildman–Crippen LogP) is 3.70. The first-order valence-corrected chi connectivity index (χ1v) is 8.92. The number of carbonyl (C=O) groups is 1. The first kappa shape index (κ1) is 14.9. The molecule has 0 aromatic heterocycles. The lowest BCUT2D eigenvalue weighted by Crippen LogP contribution is -2.37. The minimum Gasteiger partial charge on any atom is -0.481 e. The second kappa shape index (κ2) is 6.84. The summed E-state index contributed by atoms with van der Waals surface area (Å²) in [5.41, 5.74) is 1.39. The molecule has 114 valence electrons. The fraction of sp³-hybridized carbons (Fsp3) is 0.588. The van der Waals surface area contributed by atoms with Crippen molar-refractivity contribution >= 4 is 17.7 Å². The Labute approximate surface area is 130 Å². The molecule has 1 aromatic carbocycles. The molecular formula is C17H23NO2S. The summed E-state index contributed by atoms with van der Waals surface area (Å²) < 4.78 is 0. The summed E-state index contributed by atoms with van der Waals surface area (Å²) in [6, 6.07) is 8.97. The Balaban J connectivity index is 1.64. The Bertz CT molecular complexity index is 505. The molecule has 0 amide bonds. The second-order valence-corrected chi connectivity index (χ2v) is 7.26. The van der Waals surface area contributed by atoms with E-state index in [1.54, 1.807) is 0 Å². The number of hydrogen-bond donors (Lipinski definition) is 2. The Morgan fingerprint density at radius 2 is 2.05 bits per heavy atom. The summed E-state index contributed by atoms with van der Waals surface area (Å²) in [5, 5.41) is 13.0. The Morgan fingerprint density at radius 3 is 2.90 bits per heavy atom. The molecule has 3 unspecified atom stereocenters. The van der Waals surface area contributed by atoms with E-state index in [-0.39, 0.29) is 11.8 Å². The monoisotopic (exact) mass is 305 g/mol. The van der Waals surface area contributed by atoms with Crippen LogP contribution in [0.2, 0.25) is 0 Å². The van der Waals surface area contributed by atoms with Gasteiger partial charge in [-0.3, -0.25) is 4.79 Å². The lowest BCUT2D eigenvalue weighted by atomic mass is 9.79. The van der Waals surface area contributed by atoms with Crippen molar-refractivity contribution in [1.82, 2.24) is 5.32 Å². The first-order chi connectivity index (χ1) is 10.3. The fourth-order valence-corrected chi connectivity index (χ4v) is 4.75. The van der Waals surface area contributed by atoms with Crippen molar-refractivity contribution in [3.8, 4) is 0 Å². The maximum atomic E-state index is 11.4. The van der Waals surface area contributed by atoms with Crippen LogP contribution in [-0.4, -0.2) is 23.4 Å². The van der Waals surface area contributed by atoms with Crippen molar-refractivity contribution in [2.24, 2.45) is 11.8 Å². The fourth-order valence-electron chi connectivity index (χ4n) is 3.62. The van der Waals surface area contributed by atoms with Gasteiger partial charge in [-0.2, -0.15) is 0 Å². The number of carboxylic acids is 1. The zero-order valence-corrected chi connectivity index (χ0v) is 13.1. The third-order valence-corrected chi connectivity index (χ3v) is 5.93. The number of hydrogen-bond acceptors (Lipinski definition) is 3. The van der Waals surface area contributed by atoms with Gasteiger partial charge in [-0.25, -0.2) is 0 Å². The van der Waals surface area contributed by atoms with Gasteiger partial charge in [0, 0.05) is 10.9 Å². The SMILES string of the molecule is O=C(O)C1CCCCC1CNC1CCSc2ccccc21. The minimum absolute atomic E-state index is 0.153. The highest BCUT2D eigenvalue weighted by Crippen LogP contribution is 2.36. The van der Waals surface area contributed by atoms with E-state index in [2.05, 4.69) is 29.6 Å². The number of aliphatic carboxylic acids is 1. The summed E-state index contributed by atoms with van der Waals surface area (Å²) in [4.78, 5) is 12.8. The maximum Gasteiger partial charge on any atom is 0.306 e. The zero-order chi connectivity index (χ0) is 14.7. The van der Waals surface area contributed by atoms with E-state index in [1.807, 2.05) is 11.8 Å². The number of carboxylic acid groups (broad SMARTS) is 1. The van der Waals surface area contributed by atoms with Crippen LogP contribution in [0, 0.1) is 11.8 Å². The molecule has 1 heterocycles. The van der Waals surface area contributed by atoms with Gasteiger partial charge in [0.15, 0.2) is 0 Å². The summed E-state index contributed by atoms with van der Waals surface area (Å²) in [5.74, 6) is 0.667. The largest absolute Gasteiger partial charge is 0.481 e. The smallest absolute Gasteiger partial charge is 0.306 e. The van der Waals surface area contributed by atoms with Crippen LogP contribution in [0.15, 0.2) is 29.2 Å². The van der Waals surface area contributed by atoms with Gasteiger partial charge in [0.05, 0.1) is 5.92 Å². The molecule has 0 spiro atoms. The van der Waals surface area contributed by atoms with Crippen LogP contribution in [0.25, 0.3) is 0 Å². The number of nitrogens with one attached hydrogen (secondary N) is 1. The van der Waals surface area contributed by atoms with Gasteiger partial charge in [-0.1, -0.05) is 31.0 Å². The van der Waals surface area contributed by atoms with E-state index in [1.165, 1.54) is 16.9 Å². The molecule has 0 saturated heterocycles. The highest BCUT2D eigenvalue weighted by atomic mass is 32.2. The summed E-state index contributed by atoms with van der Waals surface area (Å²) in [6.45, 7) is 0.834. The molecule has 0 bridgehead atoms. The molecule has 2 aliphatic rings. The van der Waals surface area contributed by atoms with Gasteiger partial charge >= 0.3 is 5.97 Å². The summed E-state index contributed by atoms with van der Waals surface area (Å²) in [6.07, 6.45) is 5.27. The van der Waals surface area contributed by atoms with Crippen LogP contribution in [0.5, 0.6) is 0 Å². The van der Waals surface area contributed by atoms with Crippen LogP contribution in [0.3, 0.4) is 0 Å². The number of rotatable bonds is 4. The average molecular weight is 305 g/mol. The summed E-state index contributed by atoms with van der Waals surface area (Å²) in [7, 11) is 0. The molecule has 1 aliphatic heterocycles. The van der Waals surface area contributed by atoms with Crippen LogP contribution in [-0.2, 0) is 4.79 Å². The van der Waals surface area contributed by atoms with E-state index in [4.69, 9.17) is 0 Å². The molecule has 2 N–H and O–H groups in total. The first-order valence-electron chi connectivity index (χ1n) is 7.93. The maximum absolute atomic E-state index is 11.4. The second-order valence-electron chi connectivity index (χ2n) is 6.13. The Hall–Kier alpha value is -1.00. The molecule has 21 heavy (non-hydrogen) atoms. The normalized spacial score (nSPS) is 28.9. The van der Waals surface area contributed by atoms with Crippen LogP contribution >= 0.6 is 11.8 Å². The highest BCUT2D eigenvalue weighted by Gasteiger charge is 2.31. The van der Waals surface area contributed by atoms with Crippen molar-refractivity contribution in [1.29, 1.82) is 0 Å². The van der Waals surface area contributed by atoms with Crippen molar-refractivity contribution in [3.05, 3.63) is 29.8 Å². The lowest BCUT2D eigenvalue weighted by molar-refractivity contribution is -0.144. The van der Waals surface area contributed by atoms with Gasteiger partial charge in [-0.05, 0) is 49.1 Å². The zero-order valence-electron chi connectivity index (χ0n) is 12.3. The van der Waals surface area contributed by atoms with Gasteiger partial charge in [0.1, 0.15) is 0 Å². The molecule has 1 aromatic rings. The number of fused-ring (bicyclic) bond motifs is 1. The van der Waals surface area contributed by atoms with Crippen LogP contribution < -0.4 is 5.32 Å². The van der Waals surface area contributed by atoms with Crippen molar-refractivity contribution in [2.45, 2.75) is 43.0 Å². The predicted molar refractivity (Wildman–Crippen MR) is 85.6 cm³/mol. The average Bonchev–Trinajstić information content (AvgIpc) is 2.53. The third-order valence-electron chi connectivity index (χ3n) is 4.81. The van der Waals surface area contributed by atoms with Crippen LogP contribution in [0.1, 0.15) is 43.7 Å². The van der Waals surface area contributed by atoms with Crippen molar-refractivity contribution in [2.75, 3.05) is 12.3 Å². The Morgan fingerprint density at radius 1 is 1.24 bits per heavy atom. The van der Waals surface area contributed by atoms with E-state index < -0.39 is 5.97 Å². The third kappa shape index (κ3) is 3.43. The number of benzene rings is 1. The molecule has 3 atom stereocenters. The Kier molecular flexibility index (Phi) is 4.86. The molecule has 0 radical (unpaired) electrons.